The lowest BCUT2D eigenvalue weighted by atomic mass is 10.3. The van der Waals surface area contributed by atoms with Gasteiger partial charge in [0.05, 0.1) is 12.8 Å². The summed E-state index contributed by atoms with van der Waals surface area (Å²) < 4.78 is 26.0. The molecule has 0 fully saturated rings. The van der Waals surface area contributed by atoms with Gasteiger partial charge >= 0.3 is 0 Å². The van der Waals surface area contributed by atoms with E-state index >= 15 is 0 Å². The van der Waals surface area contributed by atoms with Crippen molar-refractivity contribution in [2.24, 2.45) is 0 Å². The number of rotatable bonds is 6. The molecule has 0 aromatic carbocycles. The fourth-order valence-corrected chi connectivity index (χ4v) is 3.11. The topological polar surface area (TPSA) is 95.1 Å². The number of hydrogen-bond donors (Lipinski definition) is 3. The van der Waals surface area contributed by atoms with Crippen molar-refractivity contribution in [2.45, 2.75) is 23.1 Å². The predicted octanol–water partition coefficient (Wildman–Crippen LogP) is -0.200. The van der Waals surface area contributed by atoms with Crippen LogP contribution in [-0.4, -0.2) is 47.9 Å². The van der Waals surface area contributed by atoms with E-state index in [9.17, 15) is 8.42 Å². The molecule has 2 unspecified atom stereocenters. The minimum atomic E-state index is -3.55. The van der Waals surface area contributed by atoms with Gasteiger partial charge in [-0.1, -0.05) is 0 Å². The molecular weight excluding hydrogens is 250 g/mol. The molecule has 1 aromatic rings. The van der Waals surface area contributed by atoms with E-state index in [0.29, 0.717) is 0 Å². The third kappa shape index (κ3) is 3.21. The van der Waals surface area contributed by atoms with E-state index in [4.69, 9.17) is 5.11 Å². The van der Waals surface area contributed by atoms with Gasteiger partial charge in [-0.15, -0.1) is 0 Å². The first-order valence-electron chi connectivity index (χ1n) is 4.66. The van der Waals surface area contributed by atoms with E-state index in [-0.39, 0.29) is 22.8 Å². The van der Waals surface area contributed by atoms with Gasteiger partial charge in [0.2, 0.25) is 10.0 Å². The van der Waals surface area contributed by atoms with Gasteiger partial charge in [0.1, 0.15) is 4.90 Å². The second-order valence-corrected chi connectivity index (χ2v) is 6.09. The summed E-state index contributed by atoms with van der Waals surface area (Å²) in [4.78, 5) is 0.0946. The van der Waals surface area contributed by atoms with E-state index < -0.39 is 10.0 Å². The van der Waals surface area contributed by atoms with Crippen molar-refractivity contribution in [2.75, 3.05) is 12.9 Å². The molecule has 0 spiro atoms. The Morgan fingerprint density at radius 2 is 2.38 bits per heavy atom. The van der Waals surface area contributed by atoms with Crippen LogP contribution in [0.4, 0.5) is 0 Å². The summed E-state index contributed by atoms with van der Waals surface area (Å²) in [6, 6.07) is -0.347. The van der Waals surface area contributed by atoms with Crippen LogP contribution in [0.3, 0.4) is 0 Å². The molecule has 0 aliphatic rings. The van der Waals surface area contributed by atoms with Crippen LogP contribution in [0.25, 0.3) is 0 Å². The molecule has 3 N–H and O–H groups in total. The number of sulfonamides is 1. The Labute approximate surface area is 98.9 Å². The number of H-pyrrole nitrogens is 1. The van der Waals surface area contributed by atoms with E-state index in [1.165, 1.54) is 24.2 Å². The van der Waals surface area contributed by atoms with E-state index in [0.717, 1.165) is 0 Å². The molecule has 0 bridgehead atoms. The maximum atomic E-state index is 11.8. The summed E-state index contributed by atoms with van der Waals surface area (Å²) in [6.07, 6.45) is 4.37. The third-order valence-corrected chi connectivity index (χ3v) is 4.85. The summed E-state index contributed by atoms with van der Waals surface area (Å²) >= 11 is 1.42. The van der Waals surface area contributed by atoms with Crippen LogP contribution in [0, 0.1) is 0 Å². The van der Waals surface area contributed by atoms with E-state index in [1.54, 1.807) is 6.92 Å². The Bertz CT molecular complexity index is 400. The van der Waals surface area contributed by atoms with Crippen molar-refractivity contribution in [1.29, 1.82) is 0 Å². The average Bonchev–Trinajstić information content (AvgIpc) is 2.71. The summed E-state index contributed by atoms with van der Waals surface area (Å²) in [7, 11) is -3.55. The largest absolute Gasteiger partial charge is 0.395 e. The second kappa shape index (κ2) is 5.67. The van der Waals surface area contributed by atoms with E-state index in [1.807, 2.05) is 6.26 Å². The molecule has 0 aliphatic heterocycles. The van der Waals surface area contributed by atoms with Crippen LogP contribution in [0.1, 0.15) is 6.92 Å². The Morgan fingerprint density at radius 1 is 1.69 bits per heavy atom. The number of thioether (sulfide) groups is 1. The van der Waals surface area contributed by atoms with Gasteiger partial charge in [-0.05, 0) is 13.2 Å². The molecule has 8 heteroatoms. The molecule has 1 rings (SSSR count). The van der Waals surface area contributed by atoms with E-state index in [2.05, 4.69) is 14.9 Å². The van der Waals surface area contributed by atoms with Gasteiger partial charge in [-0.3, -0.25) is 5.10 Å². The number of aromatic nitrogens is 2. The first-order valence-corrected chi connectivity index (χ1v) is 7.43. The minimum Gasteiger partial charge on any atom is -0.395 e. The molecule has 6 nitrogen and oxygen atoms in total. The van der Waals surface area contributed by atoms with Gasteiger partial charge in [0, 0.05) is 17.5 Å². The van der Waals surface area contributed by atoms with Crippen LogP contribution in [-0.2, 0) is 10.0 Å². The number of aliphatic hydroxyl groups excluding tert-OH is 1. The smallest absolute Gasteiger partial charge is 0.243 e. The van der Waals surface area contributed by atoms with Crippen molar-refractivity contribution in [1.82, 2.24) is 14.9 Å². The first-order chi connectivity index (χ1) is 7.51. The van der Waals surface area contributed by atoms with Crippen LogP contribution in [0.15, 0.2) is 17.3 Å². The standard InChI is InChI=1S/C8H15N3O3S2/c1-6(8(5-12)15-2)11-16(13,14)7-3-9-10-4-7/h3-4,6,8,11-12H,5H2,1-2H3,(H,9,10). The highest BCUT2D eigenvalue weighted by atomic mass is 32.2. The molecule has 0 aliphatic carbocycles. The molecule has 1 heterocycles. The molecule has 2 atom stereocenters. The quantitative estimate of drug-likeness (QED) is 0.662. The normalized spacial score (nSPS) is 15.9. The maximum Gasteiger partial charge on any atom is 0.243 e. The van der Waals surface area contributed by atoms with Crippen LogP contribution >= 0.6 is 11.8 Å². The van der Waals surface area contributed by atoms with Crippen LogP contribution in [0.5, 0.6) is 0 Å². The fourth-order valence-electron chi connectivity index (χ4n) is 1.21. The van der Waals surface area contributed by atoms with Crippen LogP contribution in [0.2, 0.25) is 0 Å². The average molecular weight is 265 g/mol. The second-order valence-electron chi connectivity index (χ2n) is 3.30. The lowest BCUT2D eigenvalue weighted by Crippen LogP contribution is -2.41. The predicted molar refractivity (Wildman–Crippen MR) is 62.8 cm³/mol. The molecule has 0 saturated carbocycles. The number of hydrogen-bond acceptors (Lipinski definition) is 5. The van der Waals surface area contributed by atoms with Gasteiger partial charge in [0.15, 0.2) is 0 Å². The minimum absolute atomic E-state index is 0.0732. The third-order valence-electron chi connectivity index (χ3n) is 2.16. The Hall–Kier alpha value is -0.570. The Kier molecular flexibility index (Phi) is 4.78. The monoisotopic (exact) mass is 265 g/mol. The Morgan fingerprint density at radius 3 is 2.81 bits per heavy atom. The number of aromatic amines is 1. The van der Waals surface area contributed by atoms with Crippen molar-refractivity contribution < 1.29 is 13.5 Å². The summed E-state index contributed by atoms with van der Waals surface area (Å²) in [5.41, 5.74) is 0. The van der Waals surface area contributed by atoms with Gasteiger partial charge in [-0.25, -0.2) is 13.1 Å². The SMILES string of the molecule is CSC(CO)C(C)NS(=O)(=O)c1cn[nH]c1. The van der Waals surface area contributed by atoms with Crippen molar-refractivity contribution in [3.05, 3.63) is 12.4 Å². The van der Waals surface area contributed by atoms with Gasteiger partial charge in [-0.2, -0.15) is 16.9 Å². The zero-order valence-electron chi connectivity index (χ0n) is 9.04. The highest BCUT2D eigenvalue weighted by Crippen LogP contribution is 2.13. The summed E-state index contributed by atoms with van der Waals surface area (Å²) in [5.74, 6) is 0. The number of nitrogens with one attached hydrogen (secondary N) is 2. The Balaban J connectivity index is 2.74. The lowest BCUT2D eigenvalue weighted by molar-refractivity contribution is 0.282. The zero-order chi connectivity index (χ0) is 12.2. The van der Waals surface area contributed by atoms with Crippen molar-refractivity contribution in [3.8, 4) is 0 Å². The molecular formula is C8H15N3O3S2. The molecule has 0 radical (unpaired) electrons. The van der Waals surface area contributed by atoms with Gasteiger partial charge < -0.3 is 5.11 Å². The highest BCUT2D eigenvalue weighted by Gasteiger charge is 2.23. The van der Waals surface area contributed by atoms with Crippen molar-refractivity contribution >= 4 is 21.8 Å². The maximum absolute atomic E-state index is 11.8. The molecule has 92 valence electrons. The van der Waals surface area contributed by atoms with Crippen LogP contribution < -0.4 is 4.72 Å². The number of nitrogens with zero attached hydrogens (tertiary/aromatic N) is 1. The number of aliphatic hydroxyl groups is 1. The zero-order valence-corrected chi connectivity index (χ0v) is 10.7. The summed E-state index contributed by atoms with van der Waals surface area (Å²) in [6.45, 7) is 1.64. The first kappa shape index (κ1) is 13.5. The van der Waals surface area contributed by atoms with Crippen molar-refractivity contribution in [3.63, 3.8) is 0 Å². The molecule has 0 saturated heterocycles. The summed E-state index contributed by atoms with van der Waals surface area (Å²) in [5, 5.41) is 14.9. The molecule has 1 aromatic heterocycles. The lowest BCUT2D eigenvalue weighted by Gasteiger charge is -2.20. The molecule has 16 heavy (non-hydrogen) atoms. The molecule has 0 amide bonds. The van der Waals surface area contributed by atoms with Gasteiger partial charge in [0.25, 0.3) is 0 Å². The highest BCUT2D eigenvalue weighted by molar-refractivity contribution is 7.99. The fraction of sp³-hybridized carbons (Fsp3) is 0.625.